The normalized spacial score (nSPS) is 15.7. The van der Waals surface area contributed by atoms with E-state index < -0.39 is 37.7 Å². The third-order valence-electron chi connectivity index (χ3n) is 5.35. The Hall–Kier alpha value is -2.22. The molecule has 12 heteroatoms. The van der Waals surface area contributed by atoms with E-state index in [2.05, 4.69) is 0 Å². The standard InChI is InChI=1S/C30H54O12/c1-13-31-19(7)37-25-26(38-20(8)32-14-2)28(40-22(10)34-16-4)30(42-24(12)36-18-6)29(41-23(11)35-17-5)27(25)39-21(9)33-15-3/h19-24H,13-18H2,1-12H3. The van der Waals surface area contributed by atoms with Crippen LogP contribution in [-0.4, -0.2) is 77.4 Å². The molecule has 0 saturated heterocycles. The highest BCUT2D eigenvalue weighted by molar-refractivity contribution is 5.74. The Balaban J connectivity index is 4.23. The molecule has 1 aromatic rings. The molecule has 1 rings (SSSR count). The molecule has 0 fully saturated rings. The van der Waals surface area contributed by atoms with Gasteiger partial charge in [-0.2, -0.15) is 0 Å². The fourth-order valence-corrected chi connectivity index (χ4v) is 3.87. The molecule has 1 aromatic carbocycles. The Kier molecular flexibility index (Phi) is 18.6. The van der Waals surface area contributed by atoms with Crippen LogP contribution >= 0.6 is 0 Å². The summed E-state index contributed by atoms with van der Waals surface area (Å²) in [5.41, 5.74) is 0. The molecule has 0 amide bonds. The molecule has 246 valence electrons. The summed E-state index contributed by atoms with van der Waals surface area (Å²) in [6, 6.07) is 0. The molecule has 0 aliphatic carbocycles. The van der Waals surface area contributed by atoms with Crippen molar-refractivity contribution < 1.29 is 56.8 Å². The van der Waals surface area contributed by atoms with Crippen LogP contribution in [0.25, 0.3) is 0 Å². The van der Waals surface area contributed by atoms with Gasteiger partial charge in [-0.25, -0.2) is 0 Å². The zero-order valence-electron chi connectivity index (χ0n) is 27.6. The largest absolute Gasteiger partial charge is 0.457 e. The average Bonchev–Trinajstić information content (AvgIpc) is 2.91. The van der Waals surface area contributed by atoms with Crippen LogP contribution in [0.1, 0.15) is 83.1 Å². The predicted molar refractivity (Wildman–Crippen MR) is 157 cm³/mol. The number of ether oxygens (including phenoxy) is 12. The van der Waals surface area contributed by atoms with E-state index >= 15 is 0 Å². The number of hydrogen-bond donors (Lipinski definition) is 0. The van der Waals surface area contributed by atoms with Crippen molar-refractivity contribution in [2.75, 3.05) is 39.6 Å². The van der Waals surface area contributed by atoms with Crippen molar-refractivity contribution in [1.82, 2.24) is 0 Å². The minimum atomic E-state index is -0.715. The molecule has 6 atom stereocenters. The molecule has 0 heterocycles. The van der Waals surface area contributed by atoms with Crippen molar-refractivity contribution in [3.63, 3.8) is 0 Å². The van der Waals surface area contributed by atoms with Gasteiger partial charge in [0.15, 0.2) is 37.7 Å². The van der Waals surface area contributed by atoms with E-state index in [1.807, 2.05) is 41.5 Å². The van der Waals surface area contributed by atoms with Gasteiger partial charge < -0.3 is 56.8 Å². The van der Waals surface area contributed by atoms with Crippen LogP contribution in [0.15, 0.2) is 0 Å². The van der Waals surface area contributed by atoms with E-state index in [1.54, 1.807) is 41.5 Å². The van der Waals surface area contributed by atoms with Crippen molar-refractivity contribution in [2.24, 2.45) is 0 Å². The van der Waals surface area contributed by atoms with E-state index in [9.17, 15) is 0 Å². The van der Waals surface area contributed by atoms with Crippen molar-refractivity contribution in [2.45, 2.75) is 121 Å². The third kappa shape index (κ3) is 12.6. The first-order valence-electron chi connectivity index (χ1n) is 15.0. The summed E-state index contributed by atoms with van der Waals surface area (Å²) in [6.07, 6.45) is -4.29. The summed E-state index contributed by atoms with van der Waals surface area (Å²) < 4.78 is 72.4. The van der Waals surface area contributed by atoms with E-state index in [-0.39, 0.29) is 34.5 Å². The Morgan fingerprint density at radius 2 is 0.405 bits per heavy atom. The molecule has 42 heavy (non-hydrogen) atoms. The molecule has 6 unspecified atom stereocenters. The van der Waals surface area contributed by atoms with Crippen LogP contribution in [0.5, 0.6) is 34.5 Å². The minimum Gasteiger partial charge on any atom is -0.457 e. The van der Waals surface area contributed by atoms with E-state index in [4.69, 9.17) is 56.8 Å². The molecular weight excluding hydrogens is 552 g/mol. The summed E-state index contributed by atoms with van der Waals surface area (Å²) in [4.78, 5) is 0. The van der Waals surface area contributed by atoms with Gasteiger partial charge in [0, 0.05) is 39.6 Å². The lowest BCUT2D eigenvalue weighted by atomic mass is 10.2. The van der Waals surface area contributed by atoms with Crippen molar-refractivity contribution in [3.8, 4) is 34.5 Å². The molecule has 0 radical (unpaired) electrons. The van der Waals surface area contributed by atoms with Crippen molar-refractivity contribution in [3.05, 3.63) is 0 Å². The first-order chi connectivity index (χ1) is 20.1. The van der Waals surface area contributed by atoms with Crippen molar-refractivity contribution in [1.29, 1.82) is 0 Å². The second-order valence-electron chi connectivity index (χ2n) is 8.82. The summed E-state index contributed by atoms with van der Waals surface area (Å²) in [6.45, 7) is 24.1. The molecule has 0 spiro atoms. The van der Waals surface area contributed by atoms with Gasteiger partial charge in [0.2, 0.25) is 34.5 Å². The van der Waals surface area contributed by atoms with Gasteiger partial charge >= 0.3 is 0 Å². The lowest BCUT2D eigenvalue weighted by molar-refractivity contribution is -0.101. The van der Waals surface area contributed by atoms with Crippen LogP contribution in [-0.2, 0) is 28.4 Å². The maximum Gasteiger partial charge on any atom is 0.214 e. The molecule has 0 aliphatic rings. The molecule has 0 saturated carbocycles. The lowest BCUT2D eigenvalue weighted by Gasteiger charge is -2.31. The van der Waals surface area contributed by atoms with Crippen LogP contribution in [0.2, 0.25) is 0 Å². The van der Waals surface area contributed by atoms with Gasteiger partial charge in [0.05, 0.1) is 0 Å². The number of rotatable bonds is 24. The quantitative estimate of drug-likeness (QED) is 0.124. The minimum absolute atomic E-state index is 0.128. The van der Waals surface area contributed by atoms with Gasteiger partial charge in [-0.05, 0) is 83.1 Å². The molecule has 0 aliphatic heterocycles. The van der Waals surface area contributed by atoms with Crippen LogP contribution in [0.3, 0.4) is 0 Å². The summed E-state index contributed by atoms with van der Waals surface area (Å²) >= 11 is 0. The van der Waals surface area contributed by atoms with Crippen LogP contribution < -0.4 is 28.4 Å². The topological polar surface area (TPSA) is 111 Å². The smallest absolute Gasteiger partial charge is 0.214 e. The highest BCUT2D eigenvalue weighted by atomic mass is 16.7. The number of hydrogen-bond acceptors (Lipinski definition) is 12. The van der Waals surface area contributed by atoms with Gasteiger partial charge in [-0.15, -0.1) is 0 Å². The van der Waals surface area contributed by atoms with Crippen molar-refractivity contribution >= 4 is 0 Å². The van der Waals surface area contributed by atoms with E-state index in [0.29, 0.717) is 39.6 Å². The Morgan fingerprint density at radius 3 is 0.500 bits per heavy atom. The number of benzene rings is 1. The SMILES string of the molecule is CCOC(C)Oc1c(OC(C)OCC)c(OC(C)OCC)c(OC(C)OCC)c(OC(C)OCC)c1OC(C)OCC. The van der Waals surface area contributed by atoms with Gasteiger partial charge in [-0.1, -0.05) is 0 Å². The first kappa shape index (κ1) is 37.8. The zero-order valence-corrected chi connectivity index (χ0v) is 27.6. The van der Waals surface area contributed by atoms with Crippen LogP contribution in [0.4, 0.5) is 0 Å². The van der Waals surface area contributed by atoms with E-state index in [0.717, 1.165) is 0 Å². The maximum absolute atomic E-state index is 6.34. The molecular formula is C30H54O12. The van der Waals surface area contributed by atoms with E-state index in [1.165, 1.54) is 0 Å². The monoisotopic (exact) mass is 606 g/mol. The van der Waals surface area contributed by atoms with Crippen LogP contribution in [0, 0.1) is 0 Å². The molecule has 0 bridgehead atoms. The molecule has 12 nitrogen and oxygen atoms in total. The Labute approximate surface area is 252 Å². The molecule has 0 N–H and O–H groups in total. The highest BCUT2D eigenvalue weighted by Gasteiger charge is 2.37. The predicted octanol–water partition coefficient (Wildman–Crippen LogP) is 6.25. The summed E-state index contributed by atoms with van der Waals surface area (Å²) in [5, 5.41) is 0. The zero-order chi connectivity index (χ0) is 31.7. The second-order valence-corrected chi connectivity index (χ2v) is 8.82. The van der Waals surface area contributed by atoms with Gasteiger partial charge in [0.1, 0.15) is 0 Å². The second kappa shape index (κ2) is 20.6. The average molecular weight is 607 g/mol. The van der Waals surface area contributed by atoms with Gasteiger partial charge in [-0.3, -0.25) is 0 Å². The lowest BCUT2D eigenvalue weighted by Crippen LogP contribution is -2.26. The highest BCUT2D eigenvalue weighted by Crippen LogP contribution is 2.59. The summed E-state index contributed by atoms with van der Waals surface area (Å²) in [7, 11) is 0. The fraction of sp³-hybridized carbons (Fsp3) is 0.800. The third-order valence-corrected chi connectivity index (χ3v) is 5.35. The Bertz CT molecular complexity index is 669. The Morgan fingerprint density at radius 1 is 0.286 bits per heavy atom. The molecule has 0 aromatic heterocycles. The first-order valence-corrected chi connectivity index (χ1v) is 15.0. The maximum atomic E-state index is 6.34. The van der Waals surface area contributed by atoms with Gasteiger partial charge in [0.25, 0.3) is 0 Å². The fourth-order valence-electron chi connectivity index (χ4n) is 3.87. The summed E-state index contributed by atoms with van der Waals surface area (Å²) in [5.74, 6) is 0.766.